The fraction of sp³-hybridized carbons (Fsp3) is 0.111. The molecule has 10 aromatic rings. The van der Waals surface area contributed by atoms with Crippen LogP contribution in [0.25, 0.3) is 44.4 Å². The summed E-state index contributed by atoms with van der Waals surface area (Å²) in [4.78, 5) is 33.2. The van der Waals surface area contributed by atoms with Gasteiger partial charge in [-0.3, -0.25) is 4.79 Å². The number of fused-ring (bicyclic) bond motifs is 2. The molecule has 4 aromatic heterocycles. The fourth-order valence-electron chi connectivity index (χ4n) is 7.41. The average molecular weight is 1070 g/mol. The van der Waals surface area contributed by atoms with Crippen molar-refractivity contribution < 1.29 is 35.9 Å². The van der Waals surface area contributed by atoms with Gasteiger partial charge in [0.1, 0.15) is 81.2 Å². The summed E-state index contributed by atoms with van der Waals surface area (Å²) < 4.78 is 66.5. The molecule has 0 atom stereocenters. The zero-order valence-corrected chi connectivity index (χ0v) is 42.2. The van der Waals surface area contributed by atoms with Gasteiger partial charge in [-0.2, -0.15) is 0 Å². The first-order valence-electron chi connectivity index (χ1n) is 22.6. The van der Waals surface area contributed by atoms with Gasteiger partial charge in [0.15, 0.2) is 12.0 Å². The summed E-state index contributed by atoms with van der Waals surface area (Å²) >= 11 is 14.4. The maximum atomic E-state index is 13.4. The van der Waals surface area contributed by atoms with Gasteiger partial charge in [0, 0.05) is 58.0 Å². The monoisotopic (exact) mass is 1070 g/mol. The number of benzene rings is 6. The molecule has 0 fully saturated rings. The highest BCUT2D eigenvalue weighted by Gasteiger charge is 2.14. The maximum absolute atomic E-state index is 13.4. The number of furan rings is 1. The van der Waals surface area contributed by atoms with Gasteiger partial charge in [-0.15, -0.1) is 11.3 Å². The van der Waals surface area contributed by atoms with E-state index in [1.54, 1.807) is 60.7 Å². The third-order valence-electron chi connectivity index (χ3n) is 11.0. The lowest BCUT2D eigenvalue weighted by Crippen LogP contribution is -2.21. The van der Waals surface area contributed by atoms with E-state index in [1.807, 2.05) is 53.9 Å². The summed E-state index contributed by atoms with van der Waals surface area (Å²) in [5.74, 6) is 2.43. The summed E-state index contributed by atoms with van der Waals surface area (Å²) in [6.45, 7) is 1.26. The molecule has 0 spiro atoms. The van der Waals surface area contributed by atoms with Gasteiger partial charge >= 0.3 is 0 Å². The Kier molecular flexibility index (Phi) is 16.1. The molecule has 0 amide bonds. The number of ether oxygens (including phenoxy) is 2. The number of aldehydes is 1. The molecule has 0 aliphatic carbocycles. The van der Waals surface area contributed by atoms with Crippen LogP contribution in [0.4, 0.5) is 31.8 Å². The minimum atomic E-state index is -3.01. The highest BCUT2D eigenvalue weighted by molar-refractivity contribution is 7.90. The summed E-state index contributed by atoms with van der Waals surface area (Å²) in [7, 11) is -3.01. The number of carbonyl (C=O) groups is 1. The molecule has 14 nitrogen and oxygen atoms in total. The molecular weight excluding hydrogens is 1030 g/mol. The molecule has 374 valence electrons. The first kappa shape index (κ1) is 51.0. The van der Waals surface area contributed by atoms with Gasteiger partial charge in [-0.1, -0.05) is 53.5 Å². The number of thiazole rings is 1. The van der Waals surface area contributed by atoms with Gasteiger partial charge in [-0.05, 0) is 114 Å². The van der Waals surface area contributed by atoms with Gasteiger partial charge in [0.25, 0.3) is 0 Å². The predicted octanol–water partition coefficient (Wildman–Crippen LogP) is 12.8. The zero-order chi connectivity index (χ0) is 51.6. The standard InChI is InChI=1S/C28H25ClFN5O3S2.C26H17ClFN3O3/c1-40(36,37)10-9-31-14-27-35-25(16-39-27)19-5-7-24-22(12-19)28(33-17-32-24)34-21-6-8-26(23(29)13-21)38-15-18-3-2-4-20(30)11-18;27-22-12-19(5-8-25(22)33-14-16-2-1-3-18(28)10-16)31-26-21-11-17(4-7-23(21)29-15-30-26)24-9-6-20(13-32)34-24/h2-8,11-13,16-17,31H,9-10,14-15H2,1H3,(H,32,33,34);1-13,15H,14H2,(H,29,30,31). The van der Waals surface area contributed by atoms with Crippen LogP contribution in [0.2, 0.25) is 10.0 Å². The van der Waals surface area contributed by atoms with Crippen molar-refractivity contribution in [3.63, 3.8) is 0 Å². The SMILES string of the molecule is CS(=O)(=O)CCNCc1nc(-c2ccc3ncnc(Nc4ccc(OCc5cccc(F)c5)c(Cl)c4)c3c2)cs1.O=Cc1ccc(-c2ccc3ncnc(Nc4ccc(OCc5cccc(F)c5)c(Cl)c4)c3c2)o1. The number of sulfone groups is 1. The van der Waals surface area contributed by atoms with E-state index in [9.17, 15) is 22.0 Å². The van der Waals surface area contributed by atoms with Crippen molar-refractivity contribution in [1.29, 1.82) is 0 Å². The van der Waals surface area contributed by atoms with Crippen LogP contribution in [0.1, 0.15) is 26.7 Å². The molecule has 0 radical (unpaired) electrons. The van der Waals surface area contributed by atoms with Crippen molar-refractivity contribution in [1.82, 2.24) is 30.2 Å². The molecule has 74 heavy (non-hydrogen) atoms. The van der Waals surface area contributed by atoms with Crippen molar-refractivity contribution in [3.05, 3.63) is 195 Å². The van der Waals surface area contributed by atoms with E-state index < -0.39 is 9.84 Å². The van der Waals surface area contributed by atoms with E-state index >= 15 is 0 Å². The number of anilines is 4. The van der Waals surface area contributed by atoms with Crippen LogP contribution in [-0.2, 0) is 29.6 Å². The minimum Gasteiger partial charge on any atom is -0.487 e. The molecule has 3 N–H and O–H groups in total. The molecular formula is C54H42Cl2F2N8O6S2. The van der Waals surface area contributed by atoms with Crippen molar-refractivity contribution in [3.8, 4) is 34.1 Å². The molecule has 0 saturated heterocycles. The van der Waals surface area contributed by atoms with Crippen molar-refractivity contribution >= 4 is 95.5 Å². The summed E-state index contributed by atoms with van der Waals surface area (Å²) in [6, 6.07) is 37.9. The van der Waals surface area contributed by atoms with Crippen molar-refractivity contribution in [2.75, 3.05) is 29.2 Å². The molecule has 0 saturated carbocycles. The Labute approximate surface area is 437 Å². The smallest absolute Gasteiger partial charge is 0.185 e. The fourth-order valence-corrected chi connectivity index (χ4v) is 9.17. The van der Waals surface area contributed by atoms with E-state index in [0.717, 1.165) is 43.6 Å². The quantitative estimate of drug-likeness (QED) is 0.0545. The Morgan fingerprint density at radius 2 is 1.24 bits per heavy atom. The number of aromatic nitrogens is 5. The number of hydrogen-bond donors (Lipinski definition) is 3. The topological polar surface area (TPSA) is 183 Å². The predicted molar refractivity (Wildman–Crippen MR) is 286 cm³/mol. The number of carbonyl (C=O) groups excluding carboxylic acids is 1. The molecule has 4 heterocycles. The first-order chi connectivity index (χ1) is 35.8. The summed E-state index contributed by atoms with van der Waals surface area (Å²) in [5, 5.41) is 14.9. The average Bonchev–Trinajstić information content (AvgIpc) is 4.08. The molecule has 10 rings (SSSR count). The number of nitrogens with one attached hydrogen (secondary N) is 3. The van der Waals surface area contributed by atoms with Gasteiger partial charge < -0.3 is 29.8 Å². The van der Waals surface area contributed by atoms with Crippen LogP contribution in [0.3, 0.4) is 0 Å². The largest absolute Gasteiger partial charge is 0.487 e. The Balaban J connectivity index is 0.000000184. The molecule has 0 aliphatic rings. The van der Waals surface area contributed by atoms with E-state index in [-0.39, 0.29) is 36.4 Å². The van der Waals surface area contributed by atoms with Crippen LogP contribution in [0.5, 0.6) is 11.5 Å². The lowest BCUT2D eigenvalue weighted by molar-refractivity contribution is 0.110. The van der Waals surface area contributed by atoms with Crippen LogP contribution >= 0.6 is 34.5 Å². The third-order valence-corrected chi connectivity index (χ3v) is 13.4. The Hall–Kier alpha value is -7.87. The Morgan fingerprint density at radius 3 is 1.77 bits per heavy atom. The lowest BCUT2D eigenvalue weighted by atomic mass is 10.1. The molecule has 0 aliphatic heterocycles. The van der Waals surface area contributed by atoms with E-state index in [2.05, 4.69) is 35.9 Å². The minimum absolute atomic E-state index is 0.0849. The van der Waals surface area contributed by atoms with Gasteiger partial charge in [0.2, 0.25) is 0 Å². The third kappa shape index (κ3) is 13.4. The van der Waals surface area contributed by atoms with Crippen molar-refractivity contribution in [2.45, 2.75) is 19.8 Å². The number of rotatable bonds is 18. The molecule has 6 aromatic carbocycles. The lowest BCUT2D eigenvalue weighted by Gasteiger charge is -2.12. The van der Waals surface area contributed by atoms with Crippen LogP contribution < -0.4 is 25.4 Å². The van der Waals surface area contributed by atoms with E-state index in [0.29, 0.717) is 80.8 Å². The van der Waals surface area contributed by atoms with Gasteiger partial charge in [0.05, 0.1) is 32.5 Å². The molecule has 0 unspecified atom stereocenters. The van der Waals surface area contributed by atoms with Crippen LogP contribution in [-0.4, -0.2) is 58.2 Å². The van der Waals surface area contributed by atoms with E-state index in [4.69, 9.17) is 42.1 Å². The first-order valence-corrected chi connectivity index (χ1v) is 26.3. The van der Waals surface area contributed by atoms with E-state index in [1.165, 1.54) is 54.5 Å². The van der Waals surface area contributed by atoms with Crippen LogP contribution in [0.15, 0.2) is 156 Å². The molecule has 0 bridgehead atoms. The summed E-state index contributed by atoms with van der Waals surface area (Å²) in [5.41, 5.74) is 6.84. The number of halogens is 4. The van der Waals surface area contributed by atoms with Gasteiger partial charge in [-0.25, -0.2) is 42.1 Å². The Bertz CT molecular complexity index is 3750. The van der Waals surface area contributed by atoms with Crippen LogP contribution in [0, 0.1) is 11.6 Å². The number of nitrogens with zero attached hydrogens (tertiary/aromatic N) is 5. The second-order valence-corrected chi connectivity index (χ2v) is 20.6. The summed E-state index contributed by atoms with van der Waals surface area (Å²) in [6.07, 6.45) is 4.85. The molecule has 20 heteroatoms. The number of hydrogen-bond acceptors (Lipinski definition) is 15. The highest BCUT2D eigenvalue weighted by atomic mass is 35.5. The second-order valence-electron chi connectivity index (χ2n) is 16.5. The highest BCUT2D eigenvalue weighted by Crippen LogP contribution is 2.35. The second kappa shape index (κ2) is 23.3. The normalized spacial score (nSPS) is 11.3. The Morgan fingerprint density at radius 1 is 0.676 bits per heavy atom. The maximum Gasteiger partial charge on any atom is 0.185 e. The zero-order valence-electron chi connectivity index (χ0n) is 39.1. The van der Waals surface area contributed by atoms with Crippen molar-refractivity contribution in [2.24, 2.45) is 0 Å².